The van der Waals surface area contributed by atoms with Crippen LogP contribution in [0, 0.1) is 11.6 Å². The van der Waals surface area contributed by atoms with Crippen LogP contribution in [-0.4, -0.2) is 6.61 Å². The van der Waals surface area contributed by atoms with E-state index in [9.17, 15) is 8.78 Å². The maximum absolute atomic E-state index is 13.7. The molecular formula is C17H16F2O. The normalized spacial score (nSPS) is 19.0. The summed E-state index contributed by atoms with van der Waals surface area (Å²) in [4.78, 5) is 0. The van der Waals surface area contributed by atoms with Crippen LogP contribution in [0.15, 0.2) is 42.5 Å². The Balaban J connectivity index is 1.87. The predicted octanol–water partition coefficient (Wildman–Crippen LogP) is 4.87. The van der Waals surface area contributed by atoms with E-state index in [2.05, 4.69) is 0 Å². The average Bonchev–Trinajstić information content (AvgIpc) is 2.51. The van der Waals surface area contributed by atoms with Crippen LogP contribution < -0.4 is 0 Å². The summed E-state index contributed by atoms with van der Waals surface area (Å²) in [6.45, 7) is 0.797. The van der Waals surface area contributed by atoms with Crippen LogP contribution in [-0.2, 0) is 4.74 Å². The molecule has 0 radical (unpaired) electrons. The molecule has 2 aromatic carbocycles. The molecule has 104 valence electrons. The van der Waals surface area contributed by atoms with Gasteiger partial charge in [-0.3, -0.25) is 0 Å². The Bertz CT molecular complexity index is 586. The van der Waals surface area contributed by atoms with Gasteiger partial charge < -0.3 is 4.74 Å². The van der Waals surface area contributed by atoms with Crippen LogP contribution in [0.3, 0.4) is 0 Å². The molecule has 1 fully saturated rings. The van der Waals surface area contributed by atoms with Crippen molar-refractivity contribution in [2.45, 2.75) is 25.4 Å². The molecule has 3 heteroatoms. The SMILES string of the molecule is Fc1cccc(-c2ccc(C3CCCCO3)cc2)c1F. The van der Waals surface area contributed by atoms with E-state index in [1.54, 1.807) is 6.07 Å². The van der Waals surface area contributed by atoms with Gasteiger partial charge in [-0.25, -0.2) is 8.78 Å². The van der Waals surface area contributed by atoms with Crippen molar-refractivity contribution >= 4 is 0 Å². The van der Waals surface area contributed by atoms with Crippen LogP contribution in [0.2, 0.25) is 0 Å². The average molecular weight is 274 g/mol. The van der Waals surface area contributed by atoms with E-state index in [1.807, 2.05) is 24.3 Å². The summed E-state index contributed by atoms with van der Waals surface area (Å²) in [5, 5.41) is 0. The summed E-state index contributed by atoms with van der Waals surface area (Å²) in [6.07, 6.45) is 3.44. The predicted molar refractivity (Wildman–Crippen MR) is 74.3 cm³/mol. The minimum absolute atomic E-state index is 0.134. The van der Waals surface area contributed by atoms with Crippen molar-refractivity contribution in [1.29, 1.82) is 0 Å². The first-order valence-corrected chi connectivity index (χ1v) is 6.91. The highest BCUT2D eigenvalue weighted by atomic mass is 19.2. The van der Waals surface area contributed by atoms with Crippen molar-refractivity contribution in [2.75, 3.05) is 6.61 Å². The third kappa shape index (κ3) is 2.59. The molecule has 0 N–H and O–H groups in total. The van der Waals surface area contributed by atoms with Gasteiger partial charge in [0.15, 0.2) is 11.6 Å². The van der Waals surface area contributed by atoms with E-state index < -0.39 is 11.6 Å². The van der Waals surface area contributed by atoms with Gasteiger partial charge in [-0.05, 0) is 36.5 Å². The molecule has 1 saturated heterocycles. The smallest absolute Gasteiger partial charge is 0.166 e. The lowest BCUT2D eigenvalue weighted by atomic mass is 9.98. The highest BCUT2D eigenvalue weighted by Gasteiger charge is 2.16. The molecule has 1 aliphatic heterocycles. The number of benzene rings is 2. The van der Waals surface area contributed by atoms with Gasteiger partial charge in [0, 0.05) is 12.2 Å². The molecule has 1 atom stereocenters. The summed E-state index contributed by atoms with van der Waals surface area (Å²) in [5.74, 6) is -1.61. The quantitative estimate of drug-likeness (QED) is 0.759. The van der Waals surface area contributed by atoms with Crippen molar-refractivity contribution in [1.82, 2.24) is 0 Å². The molecule has 1 nitrogen and oxygen atoms in total. The fraction of sp³-hybridized carbons (Fsp3) is 0.294. The lowest BCUT2D eigenvalue weighted by molar-refractivity contribution is 0.0149. The maximum atomic E-state index is 13.7. The van der Waals surface area contributed by atoms with Crippen molar-refractivity contribution in [3.05, 3.63) is 59.7 Å². The van der Waals surface area contributed by atoms with Gasteiger partial charge in [0.2, 0.25) is 0 Å². The Hall–Kier alpha value is -1.74. The molecule has 20 heavy (non-hydrogen) atoms. The minimum Gasteiger partial charge on any atom is -0.374 e. The Morgan fingerprint density at radius 2 is 1.75 bits per heavy atom. The van der Waals surface area contributed by atoms with Crippen LogP contribution >= 0.6 is 0 Å². The van der Waals surface area contributed by atoms with Crippen LogP contribution in [0.4, 0.5) is 8.78 Å². The zero-order valence-corrected chi connectivity index (χ0v) is 11.1. The molecule has 0 aliphatic carbocycles. The number of hydrogen-bond donors (Lipinski definition) is 0. The molecule has 1 unspecified atom stereocenters. The second-order valence-electron chi connectivity index (χ2n) is 5.08. The van der Waals surface area contributed by atoms with Crippen molar-refractivity contribution in [3.63, 3.8) is 0 Å². The lowest BCUT2D eigenvalue weighted by Crippen LogP contribution is -2.11. The molecular weight excluding hydrogens is 258 g/mol. The molecule has 1 aliphatic rings. The summed E-state index contributed by atoms with van der Waals surface area (Å²) < 4.78 is 32.7. The van der Waals surface area contributed by atoms with E-state index in [0.29, 0.717) is 11.1 Å². The second-order valence-corrected chi connectivity index (χ2v) is 5.08. The fourth-order valence-corrected chi connectivity index (χ4v) is 2.61. The first kappa shape index (κ1) is 13.3. The van der Waals surface area contributed by atoms with E-state index in [4.69, 9.17) is 4.74 Å². The van der Waals surface area contributed by atoms with Gasteiger partial charge in [0.25, 0.3) is 0 Å². The fourth-order valence-electron chi connectivity index (χ4n) is 2.61. The Kier molecular flexibility index (Phi) is 3.79. The van der Waals surface area contributed by atoms with E-state index in [-0.39, 0.29) is 6.10 Å². The third-order valence-electron chi connectivity index (χ3n) is 3.72. The highest BCUT2D eigenvalue weighted by Crippen LogP contribution is 2.30. The number of rotatable bonds is 2. The van der Waals surface area contributed by atoms with Gasteiger partial charge in [-0.1, -0.05) is 36.4 Å². The van der Waals surface area contributed by atoms with Gasteiger partial charge >= 0.3 is 0 Å². The molecule has 0 saturated carbocycles. The Labute approximate surface area is 117 Å². The molecule has 1 heterocycles. The van der Waals surface area contributed by atoms with E-state index in [1.165, 1.54) is 12.5 Å². The van der Waals surface area contributed by atoms with Crippen molar-refractivity contribution in [2.24, 2.45) is 0 Å². The van der Waals surface area contributed by atoms with Crippen LogP contribution in [0.5, 0.6) is 0 Å². The van der Waals surface area contributed by atoms with Crippen LogP contribution in [0.1, 0.15) is 30.9 Å². The maximum Gasteiger partial charge on any atom is 0.166 e. The summed E-state index contributed by atoms with van der Waals surface area (Å²) in [5.41, 5.74) is 2.08. The monoisotopic (exact) mass is 274 g/mol. The minimum atomic E-state index is -0.817. The standard InChI is InChI=1S/C17H16F2O/c18-15-5-3-4-14(17(15)19)12-7-9-13(10-8-12)16-6-1-2-11-20-16/h3-5,7-10,16H,1-2,6,11H2. The largest absolute Gasteiger partial charge is 0.374 e. The highest BCUT2D eigenvalue weighted by molar-refractivity contribution is 5.64. The molecule has 0 aromatic heterocycles. The number of hydrogen-bond acceptors (Lipinski definition) is 1. The number of halogens is 2. The zero-order valence-electron chi connectivity index (χ0n) is 11.1. The molecule has 0 amide bonds. The summed E-state index contributed by atoms with van der Waals surface area (Å²) in [6, 6.07) is 11.8. The Morgan fingerprint density at radius 3 is 2.45 bits per heavy atom. The van der Waals surface area contributed by atoms with Crippen molar-refractivity contribution in [3.8, 4) is 11.1 Å². The second kappa shape index (κ2) is 5.71. The van der Waals surface area contributed by atoms with Crippen molar-refractivity contribution < 1.29 is 13.5 Å². The van der Waals surface area contributed by atoms with Gasteiger partial charge in [0.05, 0.1) is 6.10 Å². The number of ether oxygens (including phenoxy) is 1. The zero-order chi connectivity index (χ0) is 13.9. The summed E-state index contributed by atoms with van der Waals surface area (Å²) >= 11 is 0. The lowest BCUT2D eigenvalue weighted by Gasteiger charge is -2.23. The Morgan fingerprint density at radius 1 is 0.950 bits per heavy atom. The first-order valence-electron chi connectivity index (χ1n) is 6.91. The van der Waals surface area contributed by atoms with E-state index >= 15 is 0 Å². The first-order chi connectivity index (χ1) is 9.75. The van der Waals surface area contributed by atoms with Gasteiger partial charge in [-0.15, -0.1) is 0 Å². The molecule has 2 aromatic rings. The molecule has 3 rings (SSSR count). The molecule has 0 bridgehead atoms. The topological polar surface area (TPSA) is 9.23 Å². The molecule has 0 spiro atoms. The third-order valence-corrected chi connectivity index (χ3v) is 3.72. The summed E-state index contributed by atoms with van der Waals surface area (Å²) in [7, 11) is 0. The van der Waals surface area contributed by atoms with Gasteiger partial charge in [-0.2, -0.15) is 0 Å². The van der Waals surface area contributed by atoms with E-state index in [0.717, 1.165) is 31.1 Å². The van der Waals surface area contributed by atoms with Crippen LogP contribution in [0.25, 0.3) is 11.1 Å². The van der Waals surface area contributed by atoms with Gasteiger partial charge in [0.1, 0.15) is 0 Å².